The van der Waals surface area contributed by atoms with Crippen LogP contribution in [0.5, 0.6) is 0 Å². The molecule has 0 radical (unpaired) electrons. The molecule has 1 atom stereocenters. The van der Waals surface area contributed by atoms with Gasteiger partial charge in [-0.1, -0.05) is 49.6 Å². The molecule has 138 valence electrons. The van der Waals surface area contributed by atoms with Gasteiger partial charge >= 0.3 is 6.03 Å². The Hall–Kier alpha value is -2.40. The fraction of sp³-hybridized carbons (Fsp3) is 0.429. The van der Waals surface area contributed by atoms with Crippen molar-refractivity contribution in [1.29, 1.82) is 0 Å². The van der Waals surface area contributed by atoms with Gasteiger partial charge < -0.3 is 15.3 Å². The number of benzene rings is 1. The monoisotopic (exact) mass is 353 g/mol. The lowest BCUT2D eigenvalue weighted by Crippen LogP contribution is -2.49. The minimum absolute atomic E-state index is 0.0187. The van der Waals surface area contributed by atoms with Gasteiger partial charge in [0, 0.05) is 25.0 Å². The van der Waals surface area contributed by atoms with Crippen LogP contribution in [-0.2, 0) is 0 Å². The maximum absolute atomic E-state index is 13.1. The number of nitrogens with zero attached hydrogens (tertiary/aromatic N) is 2. The van der Waals surface area contributed by atoms with E-state index in [0.29, 0.717) is 6.54 Å². The molecule has 2 N–H and O–H groups in total. The Morgan fingerprint density at radius 3 is 2.38 bits per heavy atom. The number of aromatic nitrogens is 1. The largest absolute Gasteiger partial charge is 0.395 e. The Kier molecular flexibility index (Phi) is 6.61. The molecule has 0 spiro atoms. The van der Waals surface area contributed by atoms with Crippen LogP contribution in [0, 0.1) is 0 Å². The summed E-state index contributed by atoms with van der Waals surface area (Å²) in [5.74, 6) is 0. The number of aliphatic hydroxyl groups is 1. The molecule has 0 saturated heterocycles. The summed E-state index contributed by atoms with van der Waals surface area (Å²) in [6, 6.07) is 13.7. The summed E-state index contributed by atoms with van der Waals surface area (Å²) in [5, 5.41) is 12.6. The molecule has 1 unspecified atom stereocenters. The van der Waals surface area contributed by atoms with Crippen molar-refractivity contribution in [2.45, 2.75) is 44.2 Å². The van der Waals surface area contributed by atoms with Crippen LogP contribution in [-0.4, -0.2) is 40.2 Å². The Morgan fingerprint density at radius 2 is 1.73 bits per heavy atom. The molecular weight excluding hydrogens is 326 g/mol. The Bertz CT molecular complexity index is 633. The molecule has 1 heterocycles. The second-order valence-corrected chi connectivity index (χ2v) is 6.78. The van der Waals surface area contributed by atoms with Gasteiger partial charge in [-0.05, 0) is 36.1 Å². The third-order valence-electron chi connectivity index (χ3n) is 5.06. The molecule has 2 aromatic rings. The number of pyridine rings is 1. The van der Waals surface area contributed by atoms with Crippen LogP contribution < -0.4 is 5.32 Å². The average Bonchev–Trinajstić information content (AvgIpc) is 2.72. The van der Waals surface area contributed by atoms with Gasteiger partial charge in [0.2, 0.25) is 0 Å². The lowest BCUT2D eigenvalue weighted by molar-refractivity contribution is 0.133. The van der Waals surface area contributed by atoms with Gasteiger partial charge in [0.15, 0.2) is 0 Å². The first-order valence-electron chi connectivity index (χ1n) is 9.42. The zero-order chi connectivity index (χ0) is 18.2. The number of amides is 2. The molecule has 1 aliphatic rings. The molecule has 1 aromatic carbocycles. The normalized spacial score (nSPS) is 16.0. The third-order valence-corrected chi connectivity index (χ3v) is 5.06. The van der Waals surface area contributed by atoms with Crippen LogP contribution in [0.3, 0.4) is 0 Å². The summed E-state index contributed by atoms with van der Waals surface area (Å²) < 4.78 is 0. The van der Waals surface area contributed by atoms with Crippen LogP contribution in [0.1, 0.15) is 49.3 Å². The number of rotatable bonds is 6. The average molecular weight is 353 g/mol. The zero-order valence-corrected chi connectivity index (χ0v) is 15.1. The summed E-state index contributed by atoms with van der Waals surface area (Å²) in [6.07, 6.45) is 9.03. The van der Waals surface area contributed by atoms with Gasteiger partial charge in [0.1, 0.15) is 0 Å². The van der Waals surface area contributed by atoms with E-state index >= 15 is 0 Å². The summed E-state index contributed by atoms with van der Waals surface area (Å²) in [6.45, 7) is 0.351. The van der Waals surface area contributed by atoms with Gasteiger partial charge in [-0.15, -0.1) is 0 Å². The van der Waals surface area contributed by atoms with Crippen molar-refractivity contribution in [2.24, 2.45) is 0 Å². The minimum Gasteiger partial charge on any atom is -0.395 e. The number of nitrogens with one attached hydrogen (secondary N) is 1. The number of aliphatic hydroxyl groups excluding tert-OH is 1. The molecule has 0 aliphatic heterocycles. The predicted molar refractivity (Wildman–Crippen MR) is 102 cm³/mol. The molecule has 26 heavy (non-hydrogen) atoms. The summed E-state index contributed by atoms with van der Waals surface area (Å²) in [5.41, 5.74) is 2.02. The van der Waals surface area contributed by atoms with E-state index in [1.165, 1.54) is 6.42 Å². The quantitative estimate of drug-likeness (QED) is 0.835. The standard InChI is InChI=1S/C21H27N3O2/c25-16-15-24(19-9-5-2-6-10-19)21(26)23-20(17-7-3-1-4-8-17)18-11-13-22-14-12-18/h1,3-4,7-8,11-14,19-20,25H,2,5-6,9-10,15-16H2,(H,23,26). The van der Waals surface area contributed by atoms with E-state index in [1.807, 2.05) is 47.4 Å². The molecule has 2 amide bonds. The topological polar surface area (TPSA) is 65.5 Å². The molecule has 5 heteroatoms. The molecule has 3 rings (SSSR count). The van der Waals surface area contributed by atoms with Crippen molar-refractivity contribution in [1.82, 2.24) is 15.2 Å². The molecular formula is C21H27N3O2. The molecule has 5 nitrogen and oxygen atoms in total. The Labute approximate surface area is 155 Å². The smallest absolute Gasteiger partial charge is 0.318 e. The van der Waals surface area contributed by atoms with Gasteiger partial charge in [0.25, 0.3) is 0 Å². The molecule has 1 aliphatic carbocycles. The van der Waals surface area contributed by atoms with Crippen LogP contribution in [0.4, 0.5) is 4.79 Å². The first-order chi connectivity index (χ1) is 12.8. The lowest BCUT2D eigenvalue weighted by atomic mass is 9.94. The van der Waals surface area contributed by atoms with Crippen LogP contribution in [0.2, 0.25) is 0 Å². The highest BCUT2D eigenvalue weighted by molar-refractivity contribution is 5.75. The second kappa shape index (κ2) is 9.34. The SMILES string of the molecule is O=C(NC(c1ccccc1)c1ccncc1)N(CCO)C1CCCCC1. The number of hydrogen-bond acceptors (Lipinski definition) is 3. The van der Waals surface area contributed by atoms with Crippen molar-refractivity contribution in [3.05, 3.63) is 66.0 Å². The van der Waals surface area contributed by atoms with Crippen molar-refractivity contribution >= 4 is 6.03 Å². The number of carbonyl (C=O) groups is 1. The van der Waals surface area contributed by atoms with Gasteiger partial charge in [0.05, 0.1) is 12.6 Å². The summed E-state index contributed by atoms with van der Waals surface area (Å²) in [7, 11) is 0. The van der Waals surface area contributed by atoms with Crippen molar-refractivity contribution in [2.75, 3.05) is 13.2 Å². The Balaban J connectivity index is 1.81. The lowest BCUT2D eigenvalue weighted by Gasteiger charge is -2.35. The van der Waals surface area contributed by atoms with Crippen LogP contribution >= 0.6 is 0 Å². The highest BCUT2D eigenvalue weighted by Gasteiger charge is 2.27. The van der Waals surface area contributed by atoms with Crippen molar-refractivity contribution in [3.8, 4) is 0 Å². The van der Waals surface area contributed by atoms with E-state index in [-0.39, 0.29) is 24.7 Å². The molecule has 1 saturated carbocycles. The van der Waals surface area contributed by atoms with Gasteiger partial charge in [-0.25, -0.2) is 4.79 Å². The number of hydrogen-bond donors (Lipinski definition) is 2. The maximum Gasteiger partial charge on any atom is 0.318 e. The van der Waals surface area contributed by atoms with Crippen molar-refractivity contribution < 1.29 is 9.90 Å². The van der Waals surface area contributed by atoms with Gasteiger partial charge in [-0.3, -0.25) is 4.98 Å². The van der Waals surface area contributed by atoms with E-state index in [0.717, 1.165) is 36.8 Å². The van der Waals surface area contributed by atoms with Crippen molar-refractivity contribution in [3.63, 3.8) is 0 Å². The fourth-order valence-electron chi connectivity index (χ4n) is 3.72. The maximum atomic E-state index is 13.1. The van der Waals surface area contributed by atoms with E-state index in [4.69, 9.17) is 0 Å². The first kappa shape index (κ1) is 18.4. The van der Waals surface area contributed by atoms with E-state index in [9.17, 15) is 9.90 Å². The van der Waals surface area contributed by atoms with Crippen LogP contribution in [0.15, 0.2) is 54.9 Å². The van der Waals surface area contributed by atoms with E-state index in [1.54, 1.807) is 12.4 Å². The molecule has 1 fully saturated rings. The summed E-state index contributed by atoms with van der Waals surface area (Å²) >= 11 is 0. The second-order valence-electron chi connectivity index (χ2n) is 6.78. The zero-order valence-electron chi connectivity index (χ0n) is 15.1. The van der Waals surface area contributed by atoms with Crippen LogP contribution in [0.25, 0.3) is 0 Å². The number of urea groups is 1. The number of carbonyl (C=O) groups excluding carboxylic acids is 1. The summed E-state index contributed by atoms with van der Waals surface area (Å²) in [4.78, 5) is 19.0. The highest BCUT2D eigenvalue weighted by Crippen LogP contribution is 2.25. The minimum atomic E-state index is -0.239. The third kappa shape index (κ3) is 4.61. The fourth-order valence-corrected chi connectivity index (χ4v) is 3.72. The first-order valence-corrected chi connectivity index (χ1v) is 9.42. The van der Waals surface area contributed by atoms with E-state index < -0.39 is 0 Å². The predicted octanol–water partition coefficient (Wildman–Crippen LogP) is 3.51. The van der Waals surface area contributed by atoms with Gasteiger partial charge in [-0.2, -0.15) is 0 Å². The van der Waals surface area contributed by atoms with E-state index in [2.05, 4.69) is 10.3 Å². The Morgan fingerprint density at radius 1 is 1.08 bits per heavy atom. The molecule has 1 aromatic heterocycles. The highest BCUT2D eigenvalue weighted by atomic mass is 16.3. The molecule has 0 bridgehead atoms.